The van der Waals surface area contributed by atoms with Crippen LogP contribution in [0.25, 0.3) is 0 Å². The molecule has 122 valence electrons. The maximum Gasteiger partial charge on any atom is 0.408 e. The first kappa shape index (κ1) is 17.6. The summed E-state index contributed by atoms with van der Waals surface area (Å²) in [4.78, 5) is 15.7. The molecule has 0 saturated heterocycles. The van der Waals surface area contributed by atoms with Crippen LogP contribution in [-0.2, 0) is 6.42 Å². The topological polar surface area (TPSA) is 42.0 Å². The van der Waals surface area contributed by atoms with Crippen LogP contribution in [0.2, 0.25) is 10.3 Å². The molecule has 0 bridgehead atoms. The first-order valence-electron chi connectivity index (χ1n) is 6.50. The molecule has 2 rings (SSSR count). The van der Waals surface area contributed by atoms with Gasteiger partial charge in [-0.05, 0) is 17.7 Å². The molecule has 0 fully saturated rings. The van der Waals surface area contributed by atoms with E-state index in [1.54, 1.807) is 30.3 Å². The van der Waals surface area contributed by atoms with Gasteiger partial charge in [0.15, 0.2) is 0 Å². The zero-order valence-corrected chi connectivity index (χ0v) is 13.1. The Morgan fingerprint density at radius 2 is 1.70 bits per heavy atom. The Morgan fingerprint density at radius 3 is 2.22 bits per heavy atom. The normalized spacial score (nSPS) is 12.7. The third-order valence-corrected chi connectivity index (χ3v) is 3.40. The molecule has 1 unspecified atom stereocenters. The van der Waals surface area contributed by atoms with Crippen molar-refractivity contribution in [1.29, 1.82) is 0 Å². The molecule has 1 heterocycles. The predicted octanol–water partition coefficient (Wildman–Crippen LogP) is 4.29. The zero-order chi connectivity index (χ0) is 17.0. The van der Waals surface area contributed by atoms with Crippen molar-refractivity contribution in [3.63, 3.8) is 0 Å². The largest absolute Gasteiger partial charge is 0.408 e. The lowest BCUT2D eigenvalue weighted by Gasteiger charge is -2.22. The van der Waals surface area contributed by atoms with E-state index in [9.17, 15) is 18.0 Å². The minimum absolute atomic E-state index is 0.0748. The van der Waals surface area contributed by atoms with E-state index in [1.807, 2.05) is 5.32 Å². The number of alkyl halides is 3. The van der Waals surface area contributed by atoms with Gasteiger partial charge in [0.05, 0.1) is 0 Å². The van der Waals surface area contributed by atoms with Crippen molar-refractivity contribution in [1.82, 2.24) is 10.3 Å². The number of aromatic nitrogens is 1. The van der Waals surface area contributed by atoms with E-state index >= 15 is 0 Å². The van der Waals surface area contributed by atoms with Gasteiger partial charge in [0.2, 0.25) is 0 Å². The van der Waals surface area contributed by atoms with Crippen molar-refractivity contribution in [3.05, 3.63) is 63.9 Å². The highest BCUT2D eigenvalue weighted by Crippen LogP contribution is 2.24. The first-order valence-corrected chi connectivity index (χ1v) is 7.26. The van der Waals surface area contributed by atoms with Gasteiger partial charge in [0.1, 0.15) is 16.3 Å². The quantitative estimate of drug-likeness (QED) is 0.824. The Kier molecular flexibility index (Phi) is 5.49. The molecule has 0 spiro atoms. The Morgan fingerprint density at radius 1 is 1.13 bits per heavy atom. The molecule has 3 nitrogen and oxygen atoms in total. The summed E-state index contributed by atoms with van der Waals surface area (Å²) in [5.74, 6) is -0.922. The SMILES string of the molecule is O=C(NC(Cc1ccccc1)C(F)(F)F)c1cc(Cl)nc(Cl)c1. The lowest BCUT2D eigenvalue weighted by Crippen LogP contribution is -2.46. The predicted molar refractivity (Wildman–Crippen MR) is 81.7 cm³/mol. The number of pyridine rings is 1. The van der Waals surface area contributed by atoms with Crippen LogP contribution in [0, 0.1) is 0 Å². The van der Waals surface area contributed by atoms with Crippen LogP contribution in [0.4, 0.5) is 13.2 Å². The number of nitrogens with one attached hydrogen (secondary N) is 1. The third kappa shape index (κ3) is 5.11. The van der Waals surface area contributed by atoms with Gasteiger partial charge in [-0.3, -0.25) is 4.79 Å². The summed E-state index contributed by atoms with van der Waals surface area (Å²) >= 11 is 11.3. The van der Waals surface area contributed by atoms with E-state index in [0.717, 1.165) is 12.1 Å². The second-order valence-corrected chi connectivity index (χ2v) is 5.53. The molecule has 8 heteroatoms. The monoisotopic (exact) mass is 362 g/mol. The molecule has 0 aliphatic heterocycles. The van der Waals surface area contributed by atoms with Gasteiger partial charge >= 0.3 is 6.18 Å². The molecule has 2 aromatic rings. The number of carbonyl (C=O) groups excluding carboxylic acids is 1. The van der Waals surface area contributed by atoms with Crippen LogP contribution in [-0.4, -0.2) is 23.1 Å². The summed E-state index contributed by atoms with van der Waals surface area (Å²) in [5.41, 5.74) is 0.373. The molecule has 1 N–H and O–H groups in total. The molecule has 0 radical (unpaired) electrons. The molecule has 23 heavy (non-hydrogen) atoms. The Balaban J connectivity index is 2.19. The number of hydrogen-bond donors (Lipinski definition) is 1. The van der Waals surface area contributed by atoms with E-state index in [-0.39, 0.29) is 22.3 Å². The van der Waals surface area contributed by atoms with Gasteiger partial charge in [-0.25, -0.2) is 4.98 Å². The van der Waals surface area contributed by atoms with Gasteiger partial charge in [0.25, 0.3) is 5.91 Å². The molecule has 1 aromatic heterocycles. The van der Waals surface area contributed by atoms with Crippen LogP contribution >= 0.6 is 23.2 Å². The Labute approximate surface area is 140 Å². The summed E-state index contributed by atoms with van der Waals surface area (Å²) in [6.07, 6.45) is -4.96. The van der Waals surface area contributed by atoms with Crippen molar-refractivity contribution in [3.8, 4) is 0 Å². The number of halogens is 5. The van der Waals surface area contributed by atoms with Crippen molar-refractivity contribution in [2.45, 2.75) is 18.6 Å². The molecule has 0 saturated carbocycles. The van der Waals surface area contributed by atoms with E-state index in [1.165, 1.54) is 0 Å². The van der Waals surface area contributed by atoms with E-state index in [4.69, 9.17) is 23.2 Å². The summed E-state index contributed by atoms with van der Waals surface area (Å²) in [6, 6.07) is 8.36. The lowest BCUT2D eigenvalue weighted by molar-refractivity contribution is -0.153. The van der Waals surface area contributed by atoms with Crippen LogP contribution in [0.1, 0.15) is 15.9 Å². The fraction of sp³-hybridized carbons (Fsp3) is 0.200. The van der Waals surface area contributed by atoms with Gasteiger partial charge in [-0.2, -0.15) is 13.2 Å². The van der Waals surface area contributed by atoms with Crippen molar-refractivity contribution < 1.29 is 18.0 Å². The smallest absolute Gasteiger partial charge is 0.340 e. The van der Waals surface area contributed by atoms with Crippen molar-refractivity contribution >= 4 is 29.1 Å². The van der Waals surface area contributed by atoms with Crippen LogP contribution in [0.3, 0.4) is 0 Å². The molecule has 1 atom stereocenters. The van der Waals surface area contributed by atoms with Gasteiger partial charge in [0, 0.05) is 12.0 Å². The van der Waals surface area contributed by atoms with Crippen molar-refractivity contribution in [2.24, 2.45) is 0 Å². The average Bonchev–Trinajstić information content (AvgIpc) is 2.45. The second kappa shape index (κ2) is 7.19. The van der Waals surface area contributed by atoms with Crippen LogP contribution in [0.15, 0.2) is 42.5 Å². The first-order chi connectivity index (χ1) is 10.8. The zero-order valence-electron chi connectivity index (χ0n) is 11.6. The maximum atomic E-state index is 13.2. The molecule has 0 aliphatic rings. The second-order valence-electron chi connectivity index (χ2n) is 4.76. The van der Waals surface area contributed by atoms with E-state index < -0.39 is 18.1 Å². The fourth-order valence-electron chi connectivity index (χ4n) is 1.94. The molecular formula is C15H11Cl2F3N2O. The van der Waals surface area contributed by atoms with E-state index in [2.05, 4.69) is 4.98 Å². The van der Waals surface area contributed by atoms with Crippen molar-refractivity contribution in [2.75, 3.05) is 0 Å². The summed E-state index contributed by atoms with van der Waals surface area (Å²) < 4.78 is 39.5. The highest BCUT2D eigenvalue weighted by molar-refractivity contribution is 6.33. The van der Waals surface area contributed by atoms with E-state index in [0.29, 0.717) is 5.56 Å². The summed E-state index contributed by atoms with van der Waals surface area (Å²) in [7, 11) is 0. The number of carbonyl (C=O) groups is 1. The minimum atomic E-state index is -4.59. The highest BCUT2D eigenvalue weighted by atomic mass is 35.5. The number of amides is 1. The van der Waals surface area contributed by atoms with Crippen LogP contribution < -0.4 is 5.32 Å². The van der Waals surface area contributed by atoms with Gasteiger partial charge in [-0.1, -0.05) is 53.5 Å². The standard InChI is InChI=1S/C15H11Cl2F3N2O/c16-12-7-10(8-13(17)22-12)14(23)21-11(15(18,19)20)6-9-4-2-1-3-5-9/h1-5,7-8,11H,6H2,(H,21,23). The summed E-state index contributed by atoms with van der Waals surface area (Å²) in [5, 5.41) is 1.82. The highest BCUT2D eigenvalue weighted by Gasteiger charge is 2.40. The molecule has 0 aliphatic carbocycles. The van der Waals surface area contributed by atoms with Crippen LogP contribution in [0.5, 0.6) is 0 Å². The fourth-order valence-corrected chi connectivity index (χ4v) is 2.40. The summed E-state index contributed by atoms with van der Waals surface area (Å²) in [6.45, 7) is 0. The molecular weight excluding hydrogens is 352 g/mol. The van der Waals surface area contributed by atoms with Gasteiger partial charge in [-0.15, -0.1) is 0 Å². The minimum Gasteiger partial charge on any atom is -0.340 e. The number of rotatable bonds is 4. The van der Waals surface area contributed by atoms with Gasteiger partial charge < -0.3 is 5.32 Å². The molecule has 1 amide bonds. The number of nitrogens with zero attached hydrogens (tertiary/aromatic N) is 1. The lowest BCUT2D eigenvalue weighted by atomic mass is 10.1. The third-order valence-electron chi connectivity index (χ3n) is 3.01. The number of benzene rings is 1. The number of hydrogen-bond acceptors (Lipinski definition) is 2. The Hall–Kier alpha value is -1.79. The average molecular weight is 363 g/mol. The maximum absolute atomic E-state index is 13.2. The molecule has 1 aromatic carbocycles. The Bertz CT molecular complexity index is 673.